The van der Waals surface area contributed by atoms with Gasteiger partial charge < -0.3 is 4.74 Å². The molecule has 0 N–H and O–H groups in total. The normalized spacial score (nSPS) is 18.2. The van der Waals surface area contributed by atoms with Crippen molar-refractivity contribution in [1.82, 2.24) is 4.90 Å². The molecule has 1 aromatic rings. The topological polar surface area (TPSA) is 63.7 Å². The number of halogens is 3. The minimum Gasteiger partial charge on any atom is -0.467 e. The summed E-state index contributed by atoms with van der Waals surface area (Å²) < 4.78 is 42.1. The van der Waals surface area contributed by atoms with Gasteiger partial charge >= 0.3 is 12.1 Å². The second-order valence-electron chi connectivity index (χ2n) is 4.87. The van der Waals surface area contributed by atoms with Crippen molar-refractivity contribution in [2.24, 2.45) is 0 Å². The van der Waals surface area contributed by atoms with Gasteiger partial charge in [-0.1, -0.05) is 12.1 Å². The summed E-state index contributed by atoms with van der Waals surface area (Å²) in [7, 11) is 1.13. The highest BCUT2D eigenvalue weighted by atomic mass is 32.2. The minimum absolute atomic E-state index is 0.0236. The molecule has 1 aromatic carbocycles. The number of thioether (sulfide) groups is 1. The maximum Gasteiger partial charge on any atom is 0.416 e. The molecule has 1 saturated heterocycles. The lowest BCUT2D eigenvalue weighted by molar-refractivity contribution is -0.148. The molecule has 24 heavy (non-hydrogen) atoms. The van der Waals surface area contributed by atoms with Crippen molar-refractivity contribution in [1.29, 1.82) is 0 Å². The SMILES string of the molecule is COC(=O)C(C)N1C(=O)SC(=Cc2ccc(C(F)(F)F)cc2)C1=O. The summed E-state index contributed by atoms with van der Waals surface area (Å²) in [6, 6.07) is 3.07. The van der Waals surface area contributed by atoms with Gasteiger partial charge in [0.1, 0.15) is 6.04 Å². The quantitative estimate of drug-likeness (QED) is 0.612. The van der Waals surface area contributed by atoms with Crippen LogP contribution in [0.4, 0.5) is 18.0 Å². The van der Waals surface area contributed by atoms with Crippen LogP contribution in [0, 0.1) is 0 Å². The first-order valence-electron chi connectivity index (χ1n) is 6.67. The lowest BCUT2D eigenvalue weighted by Gasteiger charge is -2.18. The Morgan fingerprint density at radius 1 is 1.25 bits per heavy atom. The van der Waals surface area contributed by atoms with E-state index in [1.165, 1.54) is 25.1 Å². The van der Waals surface area contributed by atoms with Crippen LogP contribution in [0.15, 0.2) is 29.2 Å². The summed E-state index contributed by atoms with van der Waals surface area (Å²) in [5.41, 5.74) is -0.480. The molecule has 0 aromatic heterocycles. The molecule has 1 aliphatic heterocycles. The van der Waals surface area contributed by atoms with Crippen LogP contribution in [-0.4, -0.2) is 35.2 Å². The average molecular weight is 359 g/mol. The number of methoxy groups -OCH3 is 1. The summed E-state index contributed by atoms with van der Waals surface area (Å²) in [4.78, 5) is 36.4. The highest BCUT2D eigenvalue weighted by molar-refractivity contribution is 8.18. The predicted octanol–water partition coefficient (Wildman–Crippen LogP) is 3.30. The zero-order chi connectivity index (χ0) is 18.1. The summed E-state index contributed by atoms with van der Waals surface area (Å²) in [5.74, 6) is -1.43. The van der Waals surface area contributed by atoms with E-state index >= 15 is 0 Å². The monoisotopic (exact) mass is 359 g/mol. The van der Waals surface area contributed by atoms with Gasteiger partial charge in [-0.2, -0.15) is 13.2 Å². The van der Waals surface area contributed by atoms with E-state index in [1.54, 1.807) is 0 Å². The van der Waals surface area contributed by atoms with E-state index in [1.807, 2.05) is 0 Å². The van der Waals surface area contributed by atoms with Crippen LogP contribution >= 0.6 is 11.8 Å². The van der Waals surface area contributed by atoms with E-state index in [9.17, 15) is 27.6 Å². The van der Waals surface area contributed by atoms with E-state index in [0.29, 0.717) is 17.3 Å². The third-order valence-corrected chi connectivity index (χ3v) is 4.17. The second-order valence-corrected chi connectivity index (χ2v) is 5.86. The van der Waals surface area contributed by atoms with Gasteiger partial charge in [0.25, 0.3) is 11.1 Å². The Balaban J connectivity index is 2.24. The maximum atomic E-state index is 12.5. The van der Waals surface area contributed by atoms with Crippen LogP contribution in [0.1, 0.15) is 18.1 Å². The van der Waals surface area contributed by atoms with Crippen molar-refractivity contribution in [3.05, 3.63) is 40.3 Å². The molecule has 1 heterocycles. The fraction of sp³-hybridized carbons (Fsp3) is 0.267. The van der Waals surface area contributed by atoms with Crippen molar-refractivity contribution < 1.29 is 32.3 Å². The average Bonchev–Trinajstić information content (AvgIpc) is 2.79. The van der Waals surface area contributed by atoms with Gasteiger partial charge in [0, 0.05) is 0 Å². The highest BCUT2D eigenvalue weighted by Gasteiger charge is 2.41. The summed E-state index contributed by atoms with van der Waals surface area (Å²) >= 11 is 0.611. The van der Waals surface area contributed by atoms with Gasteiger partial charge in [-0.3, -0.25) is 14.5 Å². The Morgan fingerprint density at radius 3 is 2.33 bits per heavy atom. The van der Waals surface area contributed by atoms with Crippen molar-refractivity contribution in [2.75, 3.05) is 7.11 Å². The van der Waals surface area contributed by atoms with E-state index in [4.69, 9.17) is 0 Å². The lowest BCUT2D eigenvalue weighted by Crippen LogP contribution is -2.42. The van der Waals surface area contributed by atoms with Crippen LogP contribution < -0.4 is 0 Å². The number of carbonyl (C=O) groups is 3. The Kier molecular flexibility index (Phi) is 5.02. The summed E-state index contributed by atoms with van der Waals surface area (Å²) in [5, 5.41) is -0.643. The number of nitrogens with zero attached hydrogens (tertiary/aromatic N) is 1. The van der Waals surface area contributed by atoms with Crippen LogP contribution in [0.3, 0.4) is 0 Å². The molecule has 0 radical (unpaired) electrons. The number of hydrogen-bond donors (Lipinski definition) is 0. The largest absolute Gasteiger partial charge is 0.467 e. The first kappa shape index (κ1) is 18.1. The van der Waals surface area contributed by atoms with Crippen LogP contribution in [0.25, 0.3) is 6.08 Å². The number of alkyl halides is 3. The molecule has 1 aliphatic rings. The Hall–Kier alpha value is -2.29. The molecule has 1 fully saturated rings. The third kappa shape index (κ3) is 3.61. The Morgan fingerprint density at radius 2 is 1.83 bits per heavy atom. The van der Waals surface area contributed by atoms with Gasteiger partial charge in [0.2, 0.25) is 0 Å². The van der Waals surface area contributed by atoms with Crippen molar-refractivity contribution >= 4 is 35.0 Å². The van der Waals surface area contributed by atoms with Gasteiger partial charge in [-0.15, -0.1) is 0 Å². The van der Waals surface area contributed by atoms with Crippen molar-refractivity contribution in [3.8, 4) is 0 Å². The number of imide groups is 1. The lowest BCUT2D eigenvalue weighted by atomic mass is 10.1. The Labute approximate surface area is 139 Å². The number of rotatable bonds is 3. The highest BCUT2D eigenvalue weighted by Crippen LogP contribution is 2.34. The molecule has 5 nitrogen and oxygen atoms in total. The second kappa shape index (κ2) is 6.68. The van der Waals surface area contributed by atoms with Crippen LogP contribution in [0.5, 0.6) is 0 Å². The van der Waals surface area contributed by atoms with Gasteiger partial charge in [0.15, 0.2) is 0 Å². The minimum atomic E-state index is -4.45. The first-order valence-corrected chi connectivity index (χ1v) is 7.49. The van der Waals surface area contributed by atoms with Crippen molar-refractivity contribution in [2.45, 2.75) is 19.1 Å². The maximum absolute atomic E-state index is 12.5. The van der Waals surface area contributed by atoms with Gasteiger partial charge in [-0.05, 0) is 42.5 Å². The zero-order valence-electron chi connectivity index (χ0n) is 12.6. The third-order valence-electron chi connectivity index (χ3n) is 3.29. The smallest absolute Gasteiger partial charge is 0.416 e. The summed E-state index contributed by atoms with van der Waals surface area (Å²) in [6.45, 7) is 1.35. The van der Waals surface area contributed by atoms with Crippen molar-refractivity contribution in [3.63, 3.8) is 0 Å². The van der Waals surface area contributed by atoms with E-state index in [2.05, 4.69) is 4.74 Å². The van der Waals surface area contributed by atoms with Gasteiger partial charge in [-0.25, -0.2) is 4.79 Å². The zero-order valence-corrected chi connectivity index (χ0v) is 13.4. The molecular formula is C15H12F3NO4S. The first-order chi connectivity index (χ1) is 11.1. The molecule has 0 saturated carbocycles. The molecule has 2 amide bonds. The fourth-order valence-electron chi connectivity index (χ4n) is 2.01. The fourth-order valence-corrected chi connectivity index (χ4v) is 2.92. The van der Waals surface area contributed by atoms with Crippen LogP contribution in [-0.2, 0) is 20.5 Å². The van der Waals surface area contributed by atoms with Crippen LogP contribution in [0.2, 0.25) is 0 Å². The number of esters is 1. The molecule has 1 atom stereocenters. The van der Waals surface area contributed by atoms with Gasteiger partial charge in [0.05, 0.1) is 17.6 Å². The number of amides is 2. The van der Waals surface area contributed by atoms with E-state index in [-0.39, 0.29) is 4.91 Å². The van der Waals surface area contributed by atoms with E-state index < -0.39 is 34.9 Å². The standard InChI is InChI=1S/C15H12F3NO4S/c1-8(13(21)23-2)19-12(20)11(24-14(19)22)7-9-3-5-10(6-4-9)15(16,17)18/h3-8H,1-2H3. The molecule has 0 spiro atoms. The predicted molar refractivity (Wildman–Crippen MR) is 80.7 cm³/mol. The number of ether oxygens (including phenoxy) is 1. The molecule has 2 rings (SSSR count). The molecule has 1 unspecified atom stereocenters. The summed E-state index contributed by atoms with van der Waals surface area (Å²) in [6.07, 6.45) is -3.15. The molecule has 9 heteroatoms. The van der Waals surface area contributed by atoms with E-state index in [0.717, 1.165) is 24.1 Å². The Bertz CT molecular complexity index is 712. The molecular weight excluding hydrogens is 347 g/mol. The molecule has 0 aliphatic carbocycles. The number of carbonyl (C=O) groups excluding carboxylic acids is 3. The molecule has 0 bridgehead atoms. The molecule has 128 valence electrons. The number of hydrogen-bond acceptors (Lipinski definition) is 5. The number of benzene rings is 1.